The van der Waals surface area contributed by atoms with Crippen molar-refractivity contribution in [1.29, 1.82) is 0 Å². The van der Waals surface area contributed by atoms with Crippen LogP contribution in [0.1, 0.15) is 29.8 Å². The molecule has 2 amide bonds. The second-order valence-electron chi connectivity index (χ2n) is 5.16. The standard InChI is InChI=1S/C17H27N5O3/c1-3-19-17(20-9-10-25-4-2)22-11-13-5-7-14(8-6-13)16(24)21-12-15(18)23/h5-8H,3-4,9-12H2,1-2H3,(H2,18,23)(H,21,24)(H2,19,20,22). The highest BCUT2D eigenvalue weighted by Gasteiger charge is 2.06. The molecule has 0 aromatic heterocycles. The van der Waals surface area contributed by atoms with Crippen molar-refractivity contribution < 1.29 is 14.3 Å². The Morgan fingerprint density at radius 3 is 2.44 bits per heavy atom. The Hall–Kier alpha value is -2.61. The summed E-state index contributed by atoms with van der Waals surface area (Å²) in [6, 6.07) is 7.03. The van der Waals surface area contributed by atoms with Gasteiger partial charge in [-0.25, -0.2) is 4.99 Å². The Labute approximate surface area is 148 Å². The van der Waals surface area contributed by atoms with E-state index in [0.29, 0.717) is 37.8 Å². The number of amides is 2. The molecule has 0 heterocycles. The molecule has 0 radical (unpaired) electrons. The summed E-state index contributed by atoms with van der Waals surface area (Å²) in [7, 11) is 0. The van der Waals surface area contributed by atoms with Gasteiger partial charge in [0.15, 0.2) is 5.96 Å². The van der Waals surface area contributed by atoms with Crippen LogP contribution in [-0.2, 0) is 16.1 Å². The number of nitrogens with two attached hydrogens (primary N) is 1. The number of guanidine groups is 1. The molecule has 0 aliphatic heterocycles. The van der Waals surface area contributed by atoms with Crippen LogP contribution in [0.3, 0.4) is 0 Å². The average Bonchev–Trinajstić information content (AvgIpc) is 2.61. The summed E-state index contributed by atoms with van der Waals surface area (Å²) >= 11 is 0. The second-order valence-corrected chi connectivity index (χ2v) is 5.16. The predicted octanol–water partition coefficient (Wildman–Crippen LogP) is -0.00670. The summed E-state index contributed by atoms with van der Waals surface area (Å²) in [6.45, 7) is 7.01. The Bertz CT molecular complexity index is 572. The quantitative estimate of drug-likeness (QED) is 0.269. The molecule has 0 saturated heterocycles. The fourth-order valence-corrected chi connectivity index (χ4v) is 1.93. The number of rotatable bonds is 10. The summed E-state index contributed by atoms with van der Waals surface area (Å²) in [4.78, 5) is 27.0. The Morgan fingerprint density at radius 1 is 1.12 bits per heavy atom. The third-order valence-corrected chi connectivity index (χ3v) is 3.15. The van der Waals surface area contributed by atoms with E-state index in [0.717, 1.165) is 12.1 Å². The third kappa shape index (κ3) is 8.71. The molecule has 5 N–H and O–H groups in total. The van der Waals surface area contributed by atoms with Crippen LogP contribution in [0.2, 0.25) is 0 Å². The molecule has 0 unspecified atom stereocenters. The molecule has 8 nitrogen and oxygen atoms in total. The molecule has 0 saturated carbocycles. The van der Waals surface area contributed by atoms with Crippen LogP contribution in [0.25, 0.3) is 0 Å². The first-order valence-electron chi connectivity index (χ1n) is 8.32. The summed E-state index contributed by atoms with van der Waals surface area (Å²) in [5, 5.41) is 8.80. The first kappa shape index (κ1) is 20.4. The summed E-state index contributed by atoms with van der Waals surface area (Å²) < 4.78 is 5.28. The van der Waals surface area contributed by atoms with Crippen molar-refractivity contribution >= 4 is 17.8 Å². The average molecular weight is 349 g/mol. The lowest BCUT2D eigenvalue weighted by Crippen LogP contribution is -2.39. The van der Waals surface area contributed by atoms with Crippen LogP contribution in [0.5, 0.6) is 0 Å². The van der Waals surface area contributed by atoms with E-state index in [2.05, 4.69) is 20.9 Å². The molecule has 0 spiro atoms. The zero-order valence-electron chi connectivity index (χ0n) is 14.8. The van der Waals surface area contributed by atoms with Gasteiger partial charge in [0.05, 0.1) is 19.7 Å². The van der Waals surface area contributed by atoms with E-state index >= 15 is 0 Å². The van der Waals surface area contributed by atoms with E-state index in [1.807, 2.05) is 26.0 Å². The number of benzene rings is 1. The van der Waals surface area contributed by atoms with Crippen LogP contribution >= 0.6 is 0 Å². The van der Waals surface area contributed by atoms with Crippen LogP contribution in [0.4, 0.5) is 0 Å². The molecule has 1 aromatic carbocycles. The smallest absolute Gasteiger partial charge is 0.251 e. The lowest BCUT2D eigenvalue weighted by molar-refractivity contribution is -0.117. The van der Waals surface area contributed by atoms with E-state index in [1.165, 1.54) is 0 Å². The van der Waals surface area contributed by atoms with E-state index < -0.39 is 5.91 Å². The van der Waals surface area contributed by atoms with E-state index in [9.17, 15) is 9.59 Å². The molecule has 8 heteroatoms. The monoisotopic (exact) mass is 349 g/mol. The highest BCUT2D eigenvalue weighted by Crippen LogP contribution is 2.05. The Kier molecular flexibility index (Phi) is 9.69. The van der Waals surface area contributed by atoms with Gasteiger partial charge >= 0.3 is 0 Å². The fourth-order valence-electron chi connectivity index (χ4n) is 1.93. The summed E-state index contributed by atoms with van der Waals surface area (Å²) in [5.41, 5.74) is 6.43. The van der Waals surface area contributed by atoms with E-state index in [-0.39, 0.29) is 12.5 Å². The van der Waals surface area contributed by atoms with Crippen molar-refractivity contribution in [2.24, 2.45) is 10.7 Å². The molecule has 0 aliphatic rings. The highest BCUT2D eigenvalue weighted by molar-refractivity contribution is 5.96. The number of nitrogens with one attached hydrogen (secondary N) is 3. The van der Waals surface area contributed by atoms with Crippen LogP contribution in [0.15, 0.2) is 29.3 Å². The van der Waals surface area contributed by atoms with Gasteiger partial charge in [-0.15, -0.1) is 0 Å². The minimum atomic E-state index is -0.577. The Balaban J connectivity index is 2.56. The fraction of sp³-hybridized carbons (Fsp3) is 0.471. The molecule has 1 aromatic rings. The van der Waals surface area contributed by atoms with E-state index in [4.69, 9.17) is 10.5 Å². The van der Waals surface area contributed by atoms with Crippen LogP contribution in [-0.4, -0.2) is 50.6 Å². The number of nitrogens with zero attached hydrogens (tertiary/aromatic N) is 1. The predicted molar refractivity (Wildman–Crippen MR) is 97.3 cm³/mol. The van der Waals surface area contributed by atoms with Gasteiger partial charge in [-0.05, 0) is 31.5 Å². The van der Waals surface area contributed by atoms with Gasteiger partial charge in [0.2, 0.25) is 5.91 Å². The molecular formula is C17H27N5O3. The summed E-state index contributed by atoms with van der Waals surface area (Å²) in [5.74, 6) is -0.197. The van der Waals surface area contributed by atoms with Crippen molar-refractivity contribution in [2.75, 3.05) is 32.8 Å². The maximum Gasteiger partial charge on any atom is 0.251 e. The molecule has 0 fully saturated rings. The van der Waals surface area contributed by atoms with Crippen molar-refractivity contribution in [3.8, 4) is 0 Å². The maximum atomic E-state index is 11.8. The molecule has 0 bridgehead atoms. The number of hydrogen-bond acceptors (Lipinski definition) is 4. The molecule has 0 aliphatic carbocycles. The first-order chi connectivity index (χ1) is 12.1. The van der Waals surface area contributed by atoms with Crippen molar-refractivity contribution in [3.05, 3.63) is 35.4 Å². The third-order valence-electron chi connectivity index (χ3n) is 3.15. The Morgan fingerprint density at radius 2 is 1.84 bits per heavy atom. The highest BCUT2D eigenvalue weighted by atomic mass is 16.5. The van der Waals surface area contributed by atoms with Gasteiger partial charge in [0.1, 0.15) is 0 Å². The van der Waals surface area contributed by atoms with Crippen LogP contribution in [0, 0.1) is 0 Å². The van der Waals surface area contributed by atoms with Gasteiger partial charge in [-0.2, -0.15) is 0 Å². The SMILES string of the molecule is CCNC(=NCc1ccc(C(=O)NCC(N)=O)cc1)NCCOCC. The molecule has 25 heavy (non-hydrogen) atoms. The number of aliphatic imine (C=N–C) groups is 1. The van der Waals surface area contributed by atoms with Crippen molar-refractivity contribution in [1.82, 2.24) is 16.0 Å². The molecule has 1 rings (SSSR count). The van der Waals surface area contributed by atoms with Crippen LogP contribution < -0.4 is 21.7 Å². The zero-order chi connectivity index (χ0) is 18.5. The minimum absolute atomic E-state index is 0.176. The zero-order valence-corrected chi connectivity index (χ0v) is 14.8. The minimum Gasteiger partial charge on any atom is -0.380 e. The van der Waals surface area contributed by atoms with Crippen molar-refractivity contribution in [3.63, 3.8) is 0 Å². The normalized spacial score (nSPS) is 11.0. The van der Waals surface area contributed by atoms with E-state index in [1.54, 1.807) is 12.1 Å². The lowest BCUT2D eigenvalue weighted by atomic mass is 10.1. The van der Waals surface area contributed by atoms with Gasteiger partial charge in [-0.3, -0.25) is 9.59 Å². The second kappa shape index (κ2) is 11.9. The van der Waals surface area contributed by atoms with Gasteiger partial charge < -0.3 is 26.4 Å². The maximum absolute atomic E-state index is 11.8. The van der Waals surface area contributed by atoms with Gasteiger partial charge in [-0.1, -0.05) is 12.1 Å². The number of ether oxygens (including phenoxy) is 1. The lowest BCUT2D eigenvalue weighted by Gasteiger charge is -2.11. The summed E-state index contributed by atoms with van der Waals surface area (Å²) in [6.07, 6.45) is 0. The van der Waals surface area contributed by atoms with Gasteiger partial charge in [0.25, 0.3) is 5.91 Å². The number of carbonyl (C=O) groups excluding carboxylic acids is 2. The molecular weight excluding hydrogens is 322 g/mol. The van der Waals surface area contributed by atoms with Gasteiger partial charge in [0, 0.05) is 25.3 Å². The molecule has 138 valence electrons. The van der Waals surface area contributed by atoms with Crippen molar-refractivity contribution in [2.45, 2.75) is 20.4 Å². The number of primary amides is 1. The molecule has 0 atom stereocenters. The largest absolute Gasteiger partial charge is 0.380 e. The topological polar surface area (TPSA) is 118 Å². The first-order valence-corrected chi connectivity index (χ1v) is 8.32. The number of hydrogen-bond donors (Lipinski definition) is 4. The number of carbonyl (C=O) groups is 2.